The second-order valence-corrected chi connectivity index (χ2v) is 5.48. The van der Waals surface area contributed by atoms with E-state index in [1.54, 1.807) is 7.11 Å². The summed E-state index contributed by atoms with van der Waals surface area (Å²) in [6.07, 6.45) is 2.47. The molecule has 4 heteroatoms. The van der Waals surface area contributed by atoms with Gasteiger partial charge in [0.2, 0.25) is 0 Å². The molecular weight excluding hydrogens is 242 g/mol. The minimum Gasteiger partial charge on any atom is -0.493 e. The Morgan fingerprint density at radius 1 is 1.37 bits per heavy atom. The van der Waals surface area contributed by atoms with E-state index < -0.39 is 0 Å². The molecule has 19 heavy (non-hydrogen) atoms. The van der Waals surface area contributed by atoms with Gasteiger partial charge in [0.05, 0.1) is 20.3 Å². The van der Waals surface area contributed by atoms with Crippen molar-refractivity contribution < 1.29 is 14.2 Å². The fourth-order valence-electron chi connectivity index (χ4n) is 2.81. The molecule has 0 amide bonds. The Morgan fingerprint density at radius 2 is 2.21 bits per heavy atom. The fourth-order valence-corrected chi connectivity index (χ4v) is 2.81. The minimum atomic E-state index is -0.0194. The van der Waals surface area contributed by atoms with Crippen molar-refractivity contribution in [1.82, 2.24) is 5.32 Å². The first-order chi connectivity index (χ1) is 9.23. The first kappa shape index (κ1) is 12.8. The fraction of sp³-hybridized carbons (Fsp3) is 0.600. The van der Waals surface area contributed by atoms with Crippen LogP contribution < -0.4 is 14.8 Å². The van der Waals surface area contributed by atoms with Crippen molar-refractivity contribution >= 4 is 0 Å². The van der Waals surface area contributed by atoms with Gasteiger partial charge in [-0.15, -0.1) is 0 Å². The normalized spacial score (nSPS) is 27.1. The van der Waals surface area contributed by atoms with E-state index in [1.807, 2.05) is 12.1 Å². The molecule has 1 N–H and O–H groups in total. The Hall–Kier alpha value is -1.26. The van der Waals surface area contributed by atoms with Gasteiger partial charge < -0.3 is 19.5 Å². The highest BCUT2D eigenvalue weighted by molar-refractivity contribution is 5.50. The molecule has 0 radical (unpaired) electrons. The molecule has 2 aliphatic rings. The molecule has 0 aromatic heterocycles. The molecule has 3 rings (SSSR count). The largest absolute Gasteiger partial charge is 0.493 e. The summed E-state index contributed by atoms with van der Waals surface area (Å²) in [5.74, 6) is 1.68. The van der Waals surface area contributed by atoms with Gasteiger partial charge in [-0.1, -0.05) is 12.1 Å². The SMILES string of the molecule is COc1cccc(C2(C)CCCN2)c1OC1COC1. The molecule has 4 nitrogen and oxygen atoms in total. The molecular formula is C15H21NO3. The number of ether oxygens (including phenoxy) is 3. The number of hydrogen-bond donors (Lipinski definition) is 1. The van der Waals surface area contributed by atoms with Gasteiger partial charge in [-0.2, -0.15) is 0 Å². The Labute approximate surface area is 114 Å². The number of hydrogen-bond acceptors (Lipinski definition) is 4. The molecule has 1 unspecified atom stereocenters. The van der Waals surface area contributed by atoms with Gasteiger partial charge in [0.1, 0.15) is 6.10 Å². The average molecular weight is 263 g/mol. The highest BCUT2D eigenvalue weighted by atomic mass is 16.6. The van der Waals surface area contributed by atoms with Crippen LogP contribution in [0.4, 0.5) is 0 Å². The summed E-state index contributed by atoms with van der Waals surface area (Å²) in [6, 6.07) is 6.12. The van der Waals surface area contributed by atoms with Gasteiger partial charge in [0.25, 0.3) is 0 Å². The maximum absolute atomic E-state index is 6.09. The number of benzene rings is 1. The summed E-state index contributed by atoms with van der Waals surface area (Å²) in [5, 5.41) is 3.58. The topological polar surface area (TPSA) is 39.7 Å². The van der Waals surface area contributed by atoms with Gasteiger partial charge in [-0.05, 0) is 32.4 Å². The predicted molar refractivity (Wildman–Crippen MR) is 72.8 cm³/mol. The van der Waals surface area contributed by atoms with Crippen LogP contribution in [0.3, 0.4) is 0 Å². The Kier molecular flexibility index (Phi) is 3.37. The smallest absolute Gasteiger partial charge is 0.166 e. The molecule has 104 valence electrons. The second kappa shape index (κ2) is 5.02. The van der Waals surface area contributed by atoms with Crippen molar-refractivity contribution in [3.8, 4) is 11.5 Å². The molecule has 0 bridgehead atoms. The lowest BCUT2D eigenvalue weighted by atomic mass is 9.89. The van der Waals surface area contributed by atoms with Crippen LogP contribution in [0.15, 0.2) is 18.2 Å². The molecule has 1 atom stereocenters. The van der Waals surface area contributed by atoms with E-state index in [9.17, 15) is 0 Å². The quantitative estimate of drug-likeness (QED) is 0.902. The summed E-state index contributed by atoms with van der Waals surface area (Å²) in [5.41, 5.74) is 1.17. The molecule has 0 saturated carbocycles. The lowest BCUT2D eigenvalue weighted by Crippen LogP contribution is -2.40. The summed E-state index contributed by atoms with van der Waals surface area (Å²) in [6.45, 7) is 4.63. The van der Waals surface area contributed by atoms with E-state index in [0.717, 1.165) is 24.5 Å². The lowest BCUT2D eigenvalue weighted by molar-refractivity contribution is -0.0810. The molecule has 2 aliphatic heterocycles. The average Bonchev–Trinajstić information content (AvgIpc) is 2.81. The van der Waals surface area contributed by atoms with E-state index in [1.165, 1.54) is 12.0 Å². The van der Waals surface area contributed by atoms with Crippen LogP contribution in [0.5, 0.6) is 11.5 Å². The standard InChI is InChI=1S/C15H21NO3/c1-15(7-4-8-16-15)12-5-3-6-13(17-2)14(12)19-11-9-18-10-11/h3,5-6,11,16H,4,7-10H2,1-2H3. The number of rotatable bonds is 4. The van der Waals surface area contributed by atoms with Crippen LogP contribution in [-0.4, -0.2) is 33.0 Å². The highest BCUT2D eigenvalue weighted by Crippen LogP contribution is 2.42. The van der Waals surface area contributed by atoms with Crippen LogP contribution in [0.2, 0.25) is 0 Å². The van der Waals surface area contributed by atoms with Crippen molar-refractivity contribution in [2.75, 3.05) is 26.9 Å². The van der Waals surface area contributed by atoms with E-state index in [2.05, 4.69) is 18.3 Å². The van der Waals surface area contributed by atoms with Gasteiger partial charge in [-0.25, -0.2) is 0 Å². The van der Waals surface area contributed by atoms with Crippen molar-refractivity contribution in [3.63, 3.8) is 0 Å². The number of methoxy groups -OCH3 is 1. The second-order valence-electron chi connectivity index (χ2n) is 5.48. The van der Waals surface area contributed by atoms with E-state index in [-0.39, 0.29) is 11.6 Å². The number of para-hydroxylation sites is 1. The zero-order valence-corrected chi connectivity index (χ0v) is 11.6. The molecule has 2 fully saturated rings. The van der Waals surface area contributed by atoms with Crippen LogP contribution in [0.1, 0.15) is 25.3 Å². The molecule has 0 spiro atoms. The van der Waals surface area contributed by atoms with E-state index in [4.69, 9.17) is 14.2 Å². The first-order valence-electron chi connectivity index (χ1n) is 6.90. The summed E-state index contributed by atoms with van der Waals surface area (Å²) >= 11 is 0. The molecule has 1 aromatic rings. The van der Waals surface area contributed by atoms with Crippen molar-refractivity contribution in [2.45, 2.75) is 31.4 Å². The van der Waals surface area contributed by atoms with Gasteiger partial charge in [-0.3, -0.25) is 0 Å². The van der Waals surface area contributed by atoms with Crippen molar-refractivity contribution in [2.24, 2.45) is 0 Å². The molecule has 1 aromatic carbocycles. The summed E-state index contributed by atoms with van der Waals surface area (Å²) in [4.78, 5) is 0. The minimum absolute atomic E-state index is 0.0194. The van der Waals surface area contributed by atoms with Crippen LogP contribution in [-0.2, 0) is 10.3 Å². The predicted octanol–water partition coefficient (Wildman–Crippen LogP) is 2.07. The van der Waals surface area contributed by atoms with E-state index in [0.29, 0.717) is 13.2 Å². The van der Waals surface area contributed by atoms with Gasteiger partial charge >= 0.3 is 0 Å². The molecule has 2 heterocycles. The zero-order chi connectivity index (χ0) is 13.3. The summed E-state index contributed by atoms with van der Waals surface area (Å²) < 4.78 is 16.7. The van der Waals surface area contributed by atoms with Crippen molar-refractivity contribution in [3.05, 3.63) is 23.8 Å². The van der Waals surface area contributed by atoms with Crippen LogP contribution >= 0.6 is 0 Å². The van der Waals surface area contributed by atoms with Crippen LogP contribution in [0.25, 0.3) is 0 Å². The maximum atomic E-state index is 6.09. The Balaban J connectivity index is 1.96. The van der Waals surface area contributed by atoms with Crippen molar-refractivity contribution in [1.29, 1.82) is 0 Å². The molecule has 2 saturated heterocycles. The third kappa shape index (κ3) is 2.30. The Morgan fingerprint density at radius 3 is 2.79 bits per heavy atom. The third-order valence-corrected chi connectivity index (χ3v) is 4.05. The third-order valence-electron chi connectivity index (χ3n) is 4.05. The summed E-state index contributed by atoms with van der Waals surface area (Å²) in [7, 11) is 1.69. The highest BCUT2D eigenvalue weighted by Gasteiger charge is 2.35. The van der Waals surface area contributed by atoms with Crippen LogP contribution in [0, 0.1) is 0 Å². The monoisotopic (exact) mass is 263 g/mol. The molecule has 0 aliphatic carbocycles. The first-order valence-corrected chi connectivity index (χ1v) is 6.90. The van der Waals surface area contributed by atoms with Gasteiger partial charge in [0.15, 0.2) is 11.5 Å². The number of nitrogens with one attached hydrogen (secondary N) is 1. The van der Waals surface area contributed by atoms with Gasteiger partial charge in [0, 0.05) is 11.1 Å². The van der Waals surface area contributed by atoms with E-state index >= 15 is 0 Å². The lowest BCUT2D eigenvalue weighted by Gasteiger charge is -2.32. The zero-order valence-electron chi connectivity index (χ0n) is 11.6. The maximum Gasteiger partial charge on any atom is 0.166 e. The Bertz CT molecular complexity index is 451.